The SMILES string of the molecule is C/C=C1/NC(Cl)=C(O[C@@H]2C[C@H]3C(=O)N[C@]4(C(=O)OCC)C[C@H]4/C=C\CCCCC[C@H](NC(=O)OC(C)(C)C)C(=O)N3C2)N/C1=C/C. The van der Waals surface area contributed by atoms with Crippen molar-refractivity contribution in [3.63, 3.8) is 0 Å². The fourth-order valence-corrected chi connectivity index (χ4v) is 6.23. The summed E-state index contributed by atoms with van der Waals surface area (Å²) < 4.78 is 17.1. The van der Waals surface area contributed by atoms with Crippen LogP contribution in [0.2, 0.25) is 0 Å². The molecule has 1 saturated carbocycles. The van der Waals surface area contributed by atoms with Crippen LogP contribution in [0.5, 0.6) is 0 Å². The lowest BCUT2D eigenvalue weighted by molar-refractivity contribution is -0.150. The fourth-order valence-electron chi connectivity index (χ4n) is 6.03. The number of carbonyl (C=O) groups is 4. The Balaban J connectivity index is 1.64. The zero-order valence-corrected chi connectivity index (χ0v) is 28.4. The van der Waals surface area contributed by atoms with Gasteiger partial charge in [0.1, 0.15) is 29.3 Å². The van der Waals surface area contributed by atoms with E-state index in [1.165, 1.54) is 4.90 Å². The van der Waals surface area contributed by atoms with Crippen LogP contribution in [0.3, 0.4) is 0 Å². The molecule has 3 amide bonds. The highest BCUT2D eigenvalue weighted by Crippen LogP contribution is 2.46. The van der Waals surface area contributed by atoms with E-state index in [-0.39, 0.29) is 36.5 Å². The predicted molar refractivity (Wildman–Crippen MR) is 173 cm³/mol. The van der Waals surface area contributed by atoms with Crippen LogP contribution in [0.4, 0.5) is 4.79 Å². The molecule has 254 valence electrons. The number of hydrogen-bond donors (Lipinski definition) is 4. The largest absolute Gasteiger partial charge is 0.472 e. The van der Waals surface area contributed by atoms with E-state index in [9.17, 15) is 19.2 Å². The number of allylic oxidation sites excluding steroid dienone is 3. The summed E-state index contributed by atoms with van der Waals surface area (Å²) in [6, 6.07) is -1.91. The van der Waals surface area contributed by atoms with Gasteiger partial charge in [-0.1, -0.05) is 48.7 Å². The number of esters is 1. The highest BCUT2D eigenvalue weighted by molar-refractivity contribution is 6.29. The second-order valence-electron chi connectivity index (χ2n) is 13.0. The molecule has 5 atom stereocenters. The molecule has 12 nitrogen and oxygen atoms in total. The quantitative estimate of drug-likeness (QED) is 0.193. The van der Waals surface area contributed by atoms with Gasteiger partial charge in [-0.2, -0.15) is 0 Å². The summed E-state index contributed by atoms with van der Waals surface area (Å²) in [5, 5.41) is 12.2. The van der Waals surface area contributed by atoms with Crippen molar-refractivity contribution in [3.8, 4) is 0 Å². The second-order valence-corrected chi connectivity index (χ2v) is 13.4. The normalized spacial score (nSPS) is 31.3. The monoisotopic (exact) mass is 661 g/mol. The van der Waals surface area contributed by atoms with Crippen molar-refractivity contribution in [2.45, 2.75) is 116 Å². The third-order valence-corrected chi connectivity index (χ3v) is 8.68. The lowest BCUT2D eigenvalue weighted by Gasteiger charge is -2.30. The van der Waals surface area contributed by atoms with Crippen molar-refractivity contribution in [2.75, 3.05) is 13.2 Å². The summed E-state index contributed by atoms with van der Waals surface area (Å²) in [6.45, 7) is 10.9. The Kier molecular flexibility index (Phi) is 11.3. The van der Waals surface area contributed by atoms with E-state index >= 15 is 0 Å². The Labute approximate surface area is 276 Å². The van der Waals surface area contributed by atoms with Gasteiger partial charge in [0.15, 0.2) is 5.16 Å². The smallest absolute Gasteiger partial charge is 0.408 e. The van der Waals surface area contributed by atoms with Crippen LogP contribution in [-0.4, -0.2) is 71.3 Å². The van der Waals surface area contributed by atoms with Crippen molar-refractivity contribution < 1.29 is 33.4 Å². The van der Waals surface area contributed by atoms with Gasteiger partial charge in [0.25, 0.3) is 0 Å². The first-order valence-corrected chi connectivity index (χ1v) is 16.6. The third kappa shape index (κ3) is 8.37. The molecule has 3 heterocycles. The maximum absolute atomic E-state index is 14.2. The van der Waals surface area contributed by atoms with Crippen molar-refractivity contribution in [1.29, 1.82) is 0 Å². The fraction of sp³-hybridized carbons (Fsp3) is 0.636. The van der Waals surface area contributed by atoms with Crippen LogP contribution in [-0.2, 0) is 28.6 Å². The molecular weight excluding hydrogens is 614 g/mol. The lowest BCUT2D eigenvalue weighted by Crippen LogP contribution is -2.56. The van der Waals surface area contributed by atoms with Gasteiger partial charge in [0, 0.05) is 12.3 Å². The first-order chi connectivity index (χ1) is 21.8. The summed E-state index contributed by atoms with van der Waals surface area (Å²) in [4.78, 5) is 55.7. The van der Waals surface area contributed by atoms with E-state index < -0.39 is 53.2 Å². The standard InChI is InChI=1S/C33H48ClN5O7/c1-7-22-23(8-2)36-28(26(34)35-22)45-21-17-25-27(40)38-33(30(42)44-9-3)18-20(33)15-13-11-10-12-14-16-24(29(41)39(25)19-21)37-31(43)46-32(4,5)6/h7-8,13,15,20-21,24-25,35-36H,9-12,14,16-19H2,1-6H3,(H,37,43)(H,38,40)/b15-13-,22-7+,23-8+/t20-,21-,24+,25+,33-/m1/s1. The zero-order chi connectivity index (χ0) is 33.6. The van der Waals surface area contributed by atoms with Crippen LogP contribution in [0.1, 0.15) is 86.5 Å². The predicted octanol–water partition coefficient (Wildman–Crippen LogP) is 4.19. The summed E-state index contributed by atoms with van der Waals surface area (Å²) in [5.74, 6) is -1.36. The number of nitrogens with zero attached hydrogens (tertiary/aromatic N) is 1. The van der Waals surface area contributed by atoms with Gasteiger partial charge in [-0.25, -0.2) is 9.59 Å². The summed E-state index contributed by atoms with van der Waals surface area (Å²) >= 11 is 6.52. The highest BCUT2D eigenvalue weighted by atomic mass is 35.5. The molecule has 46 heavy (non-hydrogen) atoms. The molecule has 0 aromatic heterocycles. The number of fused-ring (bicyclic) bond motifs is 2. The molecule has 1 aliphatic carbocycles. The van der Waals surface area contributed by atoms with Crippen molar-refractivity contribution in [3.05, 3.63) is 46.7 Å². The Morgan fingerprint density at radius 1 is 1.13 bits per heavy atom. The summed E-state index contributed by atoms with van der Waals surface area (Å²) in [6.07, 6.45) is 10.5. The van der Waals surface area contributed by atoms with E-state index in [0.29, 0.717) is 19.3 Å². The molecule has 0 aromatic rings. The van der Waals surface area contributed by atoms with Gasteiger partial charge in [-0.15, -0.1) is 0 Å². The molecular formula is C33H48ClN5O7. The number of nitrogens with one attached hydrogen (secondary N) is 4. The molecule has 13 heteroatoms. The van der Waals surface area contributed by atoms with Crippen LogP contribution < -0.4 is 21.3 Å². The topological polar surface area (TPSA) is 147 Å². The van der Waals surface area contributed by atoms with E-state index in [4.69, 9.17) is 25.8 Å². The van der Waals surface area contributed by atoms with Crippen molar-refractivity contribution in [2.24, 2.45) is 5.92 Å². The first kappa shape index (κ1) is 35.2. The molecule has 0 bridgehead atoms. The Bertz CT molecular complexity index is 1320. The first-order valence-electron chi connectivity index (χ1n) is 16.2. The minimum absolute atomic E-state index is 0.0517. The van der Waals surface area contributed by atoms with Gasteiger partial charge in [0.05, 0.1) is 24.5 Å². The minimum Gasteiger partial charge on any atom is -0.472 e. The van der Waals surface area contributed by atoms with Crippen molar-refractivity contribution in [1.82, 2.24) is 26.2 Å². The molecule has 0 aromatic carbocycles. The maximum atomic E-state index is 14.2. The number of amides is 3. The van der Waals surface area contributed by atoms with Gasteiger partial charge in [0.2, 0.25) is 17.7 Å². The minimum atomic E-state index is -1.20. The highest BCUT2D eigenvalue weighted by Gasteiger charge is 2.62. The average Bonchev–Trinajstić information content (AvgIpc) is 3.52. The average molecular weight is 662 g/mol. The molecule has 0 radical (unpaired) electrons. The van der Waals surface area contributed by atoms with E-state index in [2.05, 4.69) is 21.3 Å². The molecule has 4 N–H and O–H groups in total. The molecule has 4 rings (SSSR count). The number of carbonyl (C=O) groups excluding carboxylic acids is 4. The Morgan fingerprint density at radius 2 is 1.85 bits per heavy atom. The molecule has 0 spiro atoms. The van der Waals surface area contributed by atoms with E-state index in [1.54, 1.807) is 27.7 Å². The van der Waals surface area contributed by atoms with Gasteiger partial charge >= 0.3 is 12.1 Å². The number of ether oxygens (including phenoxy) is 3. The van der Waals surface area contributed by atoms with E-state index in [0.717, 1.165) is 30.7 Å². The second kappa shape index (κ2) is 14.8. The number of halogens is 1. The molecule has 3 aliphatic heterocycles. The van der Waals surface area contributed by atoms with Crippen LogP contribution in [0.15, 0.2) is 46.7 Å². The molecule has 4 aliphatic rings. The number of alkyl carbamates (subject to hydrolysis) is 1. The number of rotatable bonds is 5. The van der Waals surface area contributed by atoms with Gasteiger partial charge in [-0.3, -0.25) is 9.59 Å². The zero-order valence-electron chi connectivity index (χ0n) is 27.7. The molecule has 2 fully saturated rings. The maximum Gasteiger partial charge on any atom is 0.408 e. The van der Waals surface area contributed by atoms with Crippen LogP contribution in [0, 0.1) is 5.92 Å². The molecule has 1 saturated heterocycles. The molecule has 0 unspecified atom stereocenters. The van der Waals surface area contributed by atoms with Crippen molar-refractivity contribution >= 4 is 35.5 Å². The summed E-state index contributed by atoms with van der Waals surface area (Å²) in [5.41, 5.74) is -0.421. The lowest BCUT2D eigenvalue weighted by atomic mass is 10.0. The van der Waals surface area contributed by atoms with Crippen LogP contribution >= 0.6 is 11.6 Å². The van der Waals surface area contributed by atoms with Gasteiger partial charge < -0.3 is 40.4 Å². The number of hydrogen-bond acceptors (Lipinski definition) is 9. The Morgan fingerprint density at radius 3 is 2.52 bits per heavy atom. The Hall–Kier alpha value is -3.67. The van der Waals surface area contributed by atoms with E-state index in [1.807, 2.05) is 38.2 Å². The third-order valence-electron chi connectivity index (χ3n) is 8.41. The van der Waals surface area contributed by atoms with Gasteiger partial charge in [-0.05, 0) is 67.2 Å². The van der Waals surface area contributed by atoms with Crippen LogP contribution in [0.25, 0.3) is 0 Å². The summed E-state index contributed by atoms with van der Waals surface area (Å²) in [7, 11) is 0.